The Morgan fingerprint density at radius 1 is 0.968 bits per heavy atom. The molecule has 0 saturated heterocycles. The number of alkyl halides is 3. The fraction of sp³-hybridized carbons (Fsp3) is 0.346. The third kappa shape index (κ3) is 6.75. The van der Waals surface area contributed by atoms with Gasteiger partial charge in [-0.3, -0.25) is 4.79 Å². The smallest absolute Gasteiger partial charge is 0.416 e. The van der Waals surface area contributed by atoms with Crippen LogP contribution in [0.3, 0.4) is 0 Å². The van der Waals surface area contributed by atoms with Crippen LogP contribution in [0.2, 0.25) is 0 Å². The van der Waals surface area contributed by atoms with Crippen molar-refractivity contribution < 1.29 is 22.7 Å². The van der Waals surface area contributed by atoms with Gasteiger partial charge in [0.2, 0.25) is 0 Å². The van der Waals surface area contributed by atoms with Crippen molar-refractivity contribution in [3.8, 4) is 17.6 Å². The van der Waals surface area contributed by atoms with Crippen LogP contribution in [-0.2, 0) is 11.0 Å². The summed E-state index contributed by atoms with van der Waals surface area (Å²) in [6.45, 7) is 3.76. The molecule has 1 saturated carbocycles. The van der Waals surface area contributed by atoms with E-state index in [2.05, 4.69) is 18.4 Å². The Hall–Kier alpha value is -3.00. The predicted molar refractivity (Wildman–Crippen MR) is 114 cm³/mol. The first-order valence-electron chi connectivity index (χ1n) is 10.5. The Morgan fingerprint density at radius 3 is 2.03 bits per heavy atom. The van der Waals surface area contributed by atoms with Crippen LogP contribution >= 0.6 is 0 Å². The van der Waals surface area contributed by atoms with Crippen molar-refractivity contribution in [1.29, 1.82) is 0 Å². The second-order valence-electron chi connectivity index (χ2n) is 7.85. The minimum Gasteiger partial charge on any atom is -0.426 e. The van der Waals surface area contributed by atoms with E-state index in [-0.39, 0.29) is 11.9 Å². The van der Waals surface area contributed by atoms with Crippen molar-refractivity contribution in [2.45, 2.75) is 44.7 Å². The highest BCUT2D eigenvalue weighted by Gasteiger charge is 2.30. The van der Waals surface area contributed by atoms with Gasteiger partial charge in [-0.25, -0.2) is 0 Å². The maximum Gasteiger partial charge on any atom is 0.416 e. The van der Waals surface area contributed by atoms with E-state index >= 15 is 0 Å². The van der Waals surface area contributed by atoms with Crippen LogP contribution in [0.5, 0.6) is 5.75 Å². The van der Waals surface area contributed by atoms with Gasteiger partial charge in [0.05, 0.1) is 11.5 Å². The molecule has 0 amide bonds. The molecule has 0 atom stereocenters. The lowest BCUT2D eigenvalue weighted by molar-refractivity contribution is -0.140. The standard InChI is InChI=1S/C26H25F3O2/c1-2-3-4-19-7-13-22(14-8-19)25(30)31-24-17-11-21(12-18-24)6-5-20-9-15-23(16-10-20)26(27,28)29/h2,9-12,15-19,22H,1,3-4,7-8,13-14H2. The molecule has 0 N–H and O–H groups in total. The molecule has 2 aromatic carbocycles. The molecule has 31 heavy (non-hydrogen) atoms. The van der Waals surface area contributed by atoms with Crippen LogP contribution in [0.1, 0.15) is 55.2 Å². The first-order chi connectivity index (χ1) is 14.8. The summed E-state index contributed by atoms with van der Waals surface area (Å²) in [6.07, 6.45) is 3.56. The first-order valence-corrected chi connectivity index (χ1v) is 10.5. The lowest BCUT2D eigenvalue weighted by Gasteiger charge is -2.26. The SMILES string of the molecule is C=CCCC1CCC(C(=O)Oc2ccc(C#Cc3ccc(C(F)(F)F)cc3)cc2)CC1. The van der Waals surface area contributed by atoms with Crippen LogP contribution in [0, 0.1) is 23.7 Å². The number of halogens is 3. The predicted octanol–water partition coefficient (Wildman–Crippen LogP) is 6.78. The van der Waals surface area contributed by atoms with Gasteiger partial charge in [-0.15, -0.1) is 6.58 Å². The van der Waals surface area contributed by atoms with Crippen molar-refractivity contribution in [3.63, 3.8) is 0 Å². The third-order valence-electron chi connectivity index (χ3n) is 5.60. The van der Waals surface area contributed by atoms with E-state index in [1.165, 1.54) is 12.1 Å². The maximum absolute atomic E-state index is 12.6. The molecule has 0 aliphatic heterocycles. The van der Waals surface area contributed by atoms with Gasteiger partial charge < -0.3 is 4.74 Å². The van der Waals surface area contributed by atoms with Gasteiger partial charge in [0.15, 0.2) is 0 Å². The third-order valence-corrected chi connectivity index (χ3v) is 5.60. The highest BCUT2D eigenvalue weighted by atomic mass is 19.4. The van der Waals surface area contributed by atoms with E-state index in [1.54, 1.807) is 24.3 Å². The summed E-state index contributed by atoms with van der Waals surface area (Å²) in [5.41, 5.74) is 0.476. The van der Waals surface area contributed by atoms with E-state index in [0.29, 0.717) is 22.8 Å². The molecule has 0 heterocycles. The fourth-order valence-electron chi connectivity index (χ4n) is 3.73. The summed E-state index contributed by atoms with van der Waals surface area (Å²) in [6, 6.07) is 11.5. The Labute approximate surface area is 181 Å². The lowest BCUT2D eigenvalue weighted by atomic mass is 9.80. The van der Waals surface area contributed by atoms with Crippen molar-refractivity contribution in [3.05, 3.63) is 77.9 Å². The molecule has 3 rings (SSSR count). The molecule has 0 unspecified atom stereocenters. The molecule has 2 nitrogen and oxygen atoms in total. The molecule has 5 heteroatoms. The van der Waals surface area contributed by atoms with Gasteiger partial charge in [0.1, 0.15) is 5.75 Å². The molecular formula is C26H25F3O2. The van der Waals surface area contributed by atoms with Crippen molar-refractivity contribution in [1.82, 2.24) is 0 Å². The minimum atomic E-state index is -4.36. The van der Waals surface area contributed by atoms with Crippen molar-refractivity contribution >= 4 is 5.97 Å². The molecule has 0 bridgehead atoms. The minimum absolute atomic E-state index is 0.0564. The number of carbonyl (C=O) groups is 1. The molecule has 0 radical (unpaired) electrons. The first kappa shape index (κ1) is 22.7. The molecule has 162 valence electrons. The van der Waals surface area contributed by atoms with Crippen LogP contribution in [-0.4, -0.2) is 5.97 Å². The summed E-state index contributed by atoms with van der Waals surface area (Å²) in [5, 5.41) is 0. The molecule has 1 fully saturated rings. The lowest BCUT2D eigenvalue weighted by Crippen LogP contribution is -2.25. The van der Waals surface area contributed by atoms with Crippen LogP contribution in [0.4, 0.5) is 13.2 Å². The van der Waals surface area contributed by atoms with Crippen LogP contribution < -0.4 is 4.74 Å². The summed E-state index contributed by atoms with van der Waals surface area (Å²) in [7, 11) is 0. The number of benzene rings is 2. The van der Waals surface area contributed by atoms with E-state index < -0.39 is 11.7 Å². The second kappa shape index (κ2) is 10.3. The van der Waals surface area contributed by atoms with E-state index in [4.69, 9.17) is 4.74 Å². The van der Waals surface area contributed by atoms with Crippen LogP contribution in [0.15, 0.2) is 61.2 Å². The average molecular weight is 426 g/mol. The number of esters is 1. The van der Waals surface area contributed by atoms with E-state index in [1.807, 2.05) is 6.08 Å². The number of hydrogen-bond donors (Lipinski definition) is 0. The number of allylic oxidation sites excluding steroid dienone is 1. The molecule has 0 aromatic heterocycles. The zero-order valence-corrected chi connectivity index (χ0v) is 17.3. The Balaban J connectivity index is 1.52. The van der Waals surface area contributed by atoms with Gasteiger partial charge >= 0.3 is 12.1 Å². The van der Waals surface area contributed by atoms with Gasteiger partial charge in [-0.1, -0.05) is 17.9 Å². The Bertz CT molecular complexity index is 939. The normalized spacial score (nSPS) is 18.5. The molecule has 2 aromatic rings. The molecular weight excluding hydrogens is 401 g/mol. The highest BCUT2D eigenvalue weighted by Crippen LogP contribution is 2.32. The zero-order valence-electron chi connectivity index (χ0n) is 17.3. The topological polar surface area (TPSA) is 26.3 Å². The quantitative estimate of drug-likeness (QED) is 0.228. The van der Waals surface area contributed by atoms with E-state index in [0.717, 1.165) is 50.7 Å². The molecule has 0 spiro atoms. The van der Waals surface area contributed by atoms with E-state index in [9.17, 15) is 18.0 Å². The monoisotopic (exact) mass is 426 g/mol. The Kier molecular flexibility index (Phi) is 7.57. The second-order valence-corrected chi connectivity index (χ2v) is 7.85. The summed E-state index contributed by atoms with van der Waals surface area (Å²) < 4.78 is 43.3. The average Bonchev–Trinajstić information content (AvgIpc) is 2.77. The number of carbonyl (C=O) groups excluding carboxylic acids is 1. The fourth-order valence-corrected chi connectivity index (χ4v) is 3.73. The summed E-state index contributed by atoms with van der Waals surface area (Å²) in [4.78, 5) is 12.4. The largest absolute Gasteiger partial charge is 0.426 e. The number of ether oxygens (including phenoxy) is 1. The molecule has 1 aliphatic rings. The van der Waals surface area contributed by atoms with Gasteiger partial charge in [-0.05, 0) is 93.0 Å². The summed E-state index contributed by atoms with van der Waals surface area (Å²) >= 11 is 0. The highest BCUT2D eigenvalue weighted by molar-refractivity contribution is 5.75. The maximum atomic E-state index is 12.6. The Morgan fingerprint density at radius 2 is 1.52 bits per heavy atom. The van der Waals surface area contributed by atoms with Crippen LogP contribution in [0.25, 0.3) is 0 Å². The summed E-state index contributed by atoms with van der Waals surface area (Å²) in [5.74, 6) is 6.64. The number of hydrogen-bond acceptors (Lipinski definition) is 2. The number of rotatable bonds is 5. The zero-order chi connectivity index (χ0) is 22.3. The van der Waals surface area contributed by atoms with Crippen molar-refractivity contribution in [2.75, 3.05) is 0 Å². The molecule has 1 aliphatic carbocycles. The van der Waals surface area contributed by atoms with Crippen molar-refractivity contribution in [2.24, 2.45) is 11.8 Å². The van der Waals surface area contributed by atoms with Gasteiger partial charge in [0, 0.05) is 11.1 Å². The van der Waals surface area contributed by atoms with Gasteiger partial charge in [-0.2, -0.15) is 13.2 Å². The van der Waals surface area contributed by atoms with Gasteiger partial charge in [0.25, 0.3) is 0 Å².